The van der Waals surface area contributed by atoms with Gasteiger partial charge in [-0.15, -0.1) is 0 Å². The van der Waals surface area contributed by atoms with Crippen molar-refractivity contribution >= 4 is 17.5 Å². The van der Waals surface area contributed by atoms with Crippen LogP contribution < -0.4 is 5.73 Å². The van der Waals surface area contributed by atoms with Gasteiger partial charge in [0.15, 0.2) is 0 Å². The van der Waals surface area contributed by atoms with Crippen LogP contribution in [0.4, 0.5) is 5.88 Å². The van der Waals surface area contributed by atoms with Crippen LogP contribution in [0.25, 0.3) is 11.1 Å². The molecular formula is C14H16ClN3O. The van der Waals surface area contributed by atoms with Gasteiger partial charge in [0.1, 0.15) is 0 Å². The number of anilines is 1. The average Bonchev–Trinajstić information content (AvgIpc) is 3.03. The highest BCUT2D eigenvalue weighted by molar-refractivity contribution is 6.31. The van der Waals surface area contributed by atoms with Gasteiger partial charge in [0.05, 0.1) is 11.8 Å². The lowest BCUT2D eigenvalue weighted by Crippen LogP contribution is -2.18. The van der Waals surface area contributed by atoms with E-state index in [1.54, 1.807) is 6.20 Å². The van der Waals surface area contributed by atoms with Crippen LogP contribution >= 0.6 is 11.6 Å². The molecule has 1 fully saturated rings. The van der Waals surface area contributed by atoms with Crippen LogP contribution in [0.2, 0.25) is 5.02 Å². The first-order chi connectivity index (χ1) is 9.24. The van der Waals surface area contributed by atoms with Crippen molar-refractivity contribution in [3.63, 3.8) is 0 Å². The minimum absolute atomic E-state index is 0.323. The highest BCUT2D eigenvalue weighted by Crippen LogP contribution is 2.30. The molecule has 0 amide bonds. The molecule has 0 bridgehead atoms. The number of rotatable bonds is 3. The van der Waals surface area contributed by atoms with E-state index in [2.05, 4.69) is 16.1 Å². The van der Waals surface area contributed by atoms with Gasteiger partial charge in [0.2, 0.25) is 5.88 Å². The summed E-state index contributed by atoms with van der Waals surface area (Å²) in [5, 5.41) is 4.45. The molecule has 1 aliphatic heterocycles. The number of aromatic nitrogens is 1. The van der Waals surface area contributed by atoms with E-state index in [9.17, 15) is 0 Å². The summed E-state index contributed by atoms with van der Waals surface area (Å²) in [5.74, 6) is 0.323. The van der Waals surface area contributed by atoms with Crippen LogP contribution in [-0.2, 0) is 6.54 Å². The molecule has 2 heterocycles. The molecule has 1 saturated heterocycles. The van der Waals surface area contributed by atoms with Crippen molar-refractivity contribution in [1.82, 2.24) is 10.1 Å². The predicted molar refractivity (Wildman–Crippen MR) is 75.9 cm³/mol. The van der Waals surface area contributed by atoms with Gasteiger partial charge in [-0.3, -0.25) is 4.90 Å². The van der Waals surface area contributed by atoms with Crippen LogP contribution in [0.15, 0.2) is 28.9 Å². The van der Waals surface area contributed by atoms with E-state index in [0.29, 0.717) is 5.88 Å². The largest absolute Gasteiger partial charge is 0.367 e. The zero-order valence-corrected chi connectivity index (χ0v) is 11.4. The molecule has 2 aromatic rings. The zero-order valence-electron chi connectivity index (χ0n) is 10.6. The molecule has 1 aromatic heterocycles. The summed E-state index contributed by atoms with van der Waals surface area (Å²) >= 11 is 6.36. The van der Waals surface area contributed by atoms with E-state index in [1.165, 1.54) is 12.8 Å². The Kier molecular flexibility index (Phi) is 3.44. The Morgan fingerprint density at radius 1 is 1.32 bits per heavy atom. The molecule has 2 N–H and O–H groups in total. The standard InChI is InChI=1S/C14H16ClN3O/c15-13-7-10(12-8-17-19-14(12)16)3-4-11(13)9-18-5-1-2-6-18/h3-4,7-8H,1-2,5-6,9,16H2. The monoisotopic (exact) mass is 277 g/mol. The van der Waals surface area contributed by atoms with Crippen molar-refractivity contribution < 1.29 is 4.52 Å². The third-order valence-corrected chi connectivity index (χ3v) is 3.91. The van der Waals surface area contributed by atoms with Gasteiger partial charge in [-0.05, 0) is 43.1 Å². The van der Waals surface area contributed by atoms with E-state index in [4.69, 9.17) is 21.9 Å². The first kappa shape index (κ1) is 12.5. The predicted octanol–water partition coefficient (Wildman–Crippen LogP) is 3.17. The number of nitrogens with zero attached hydrogens (tertiary/aromatic N) is 2. The van der Waals surface area contributed by atoms with Crippen molar-refractivity contribution in [2.75, 3.05) is 18.8 Å². The third kappa shape index (κ3) is 2.60. The van der Waals surface area contributed by atoms with Crippen LogP contribution in [0.1, 0.15) is 18.4 Å². The van der Waals surface area contributed by atoms with Crippen LogP contribution in [-0.4, -0.2) is 23.1 Å². The maximum atomic E-state index is 6.36. The van der Waals surface area contributed by atoms with Crippen molar-refractivity contribution in [3.05, 3.63) is 35.0 Å². The molecule has 19 heavy (non-hydrogen) atoms. The number of likely N-dealkylation sites (tertiary alicyclic amines) is 1. The molecule has 0 atom stereocenters. The Balaban J connectivity index is 1.83. The van der Waals surface area contributed by atoms with Gasteiger partial charge in [-0.25, -0.2) is 0 Å². The summed E-state index contributed by atoms with van der Waals surface area (Å²) in [6.45, 7) is 3.24. The van der Waals surface area contributed by atoms with E-state index in [0.717, 1.165) is 41.3 Å². The Hall–Kier alpha value is -1.52. The summed E-state index contributed by atoms with van der Waals surface area (Å²) in [5.41, 5.74) is 8.59. The van der Waals surface area contributed by atoms with Crippen molar-refractivity contribution in [3.8, 4) is 11.1 Å². The Morgan fingerprint density at radius 3 is 2.74 bits per heavy atom. The molecule has 0 unspecified atom stereocenters. The topological polar surface area (TPSA) is 55.3 Å². The highest BCUT2D eigenvalue weighted by Gasteiger charge is 2.14. The summed E-state index contributed by atoms with van der Waals surface area (Å²) in [6.07, 6.45) is 4.18. The van der Waals surface area contributed by atoms with Gasteiger partial charge in [0, 0.05) is 11.6 Å². The van der Waals surface area contributed by atoms with Gasteiger partial charge in [-0.1, -0.05) is 28.9 Å². The Morgan fingerprint density at radius 2 is 2.11 bits per heavy atom. The molecule has 0 radical (unpaired) electrons. The van der Waals surface area contributed by atoms with E-state index in [-0.39, 0.29) is 0 Å². The number of hydrogen-bond acceptors (Lipinski definition) is 4. The lowest BCUT2D eigenvalue weighted by atomic mass is 10.1. The fourth-order valence-electron chi connectivity index (χ4n) is 2.49. The van der Waals surface area contributed by atoms with Crippen LogP contribution in [0.5, 0.6) is 0 Å². The summed E-state index contributed by atoms with van der Waals surface area (Å²) in [6, 6.07) is 6.00. The first-order valence-electron chi connectivity index (χ1n) is 6.45. The second-order valence-electron chi connectivity index (χ2n) is 4.89. The Bertz CT molecular complexity index is 576. The normalized spacial score (nSPS) is 16.1. The minimum atomic E-state index is 0.323. The highest BCUT2D eigenvalue weighted by atomic mass is 35.5. The van der Waals surface area contributed by atoms with Crippen LogP contribution in [0, 0.1) is 0 Å². The lowest BCUT2D eigenvalue weighted by molar-refractivity contribution is 0.331. The van der Waals surface area contributed by atoms with Crippen molar-refractivity contribution in [2.45, 2.75) is 19.4 Å². The maximum Gasteiger partial charge on any atom is 0.229 e. The van der Waals surface area contributed by atoms with Gasteiger partial charge in [0.25, 0.3) is 0 Å². The minimum Gasteiger partial charge on any atom is -0.367 e. The van der Waals surface area contributed by atoms with E-state index in [1.807, 2.05) is 12.1 Å². The average molecular weight is 278 g/mol. The number of nitrogens with two attached hydrogens (primary N) is 1. The number of hydrogen-bond donors (Lipinski definition) is 1. The molecule has 0 aliphatic carbocycles. The molecular weight excluding hydrogens is 262 g/mol. The van der Waals surface area contributed by atoms with Gasteiger partial charge >= 0.3 is 0 Å². The lowest BCUT2D eigenvalue weighted by Gasteiger charge is -2.16. The van der Waals surface area contributed by atoms with Crippen LogP contribution in [0.3, 0.4) is 0 Å². The van der Waals surface area contributed by atoms with Gasteiger partial charge < -0.3 is 10.3 Å². The van der Waals surface area contributed by atoms with Crippen molar-refractivity contribution in [1.29, 1.82) is 0 Å². The molecule has 1 aromatic carbocycles. The second kappa shape index (κ2) is 5.23. The smallest absolute Gasteiger partial charge is 0.229 e. The molecule has 3 rings (SSSR count). The maximum absolute atomic E-state index is 6.36. The molecule has 4 nitrogen and oxygen atoms in total. The number of halogens is 1. The third-order valence-electron chi connectivity index (χ3n) is 3.56. The first-order valence-corrected chi connectivity index (χ1v) is 6.83. The molecule has 100 valence electrons. The number of benzene rings is 1. The second-order valence-corrected chi connectivity index (χ2v) is 5.30. The Labute approximate surface area is 117 Å². The number of nitrogen functional groups attached to an aromatic ring is 1. The zero-order chi connectivity index (χ0) is 13.2. The fraction of sp³-hybridized carbons (Fsp3) is 0.357. The van der Waals surface area contributed by atoms with Crippen molar-refractivity contribution in [2.24, 2.45) is 0 Å². The molecule has 5 heteroatoms. The summed E-state index contributed by atoms with van der Waals surface area (Å²) < 4.78 is 4.87. The summed E-state index contributed by atoms with van der Waals surface area (Å²) in [7, 11) is 0. The molecule has 0 spiro atoms. The summed E-state index contributed by atoms with van der Waals surface area (Å²) in [4.78, 5) is 2.43. The van der Waals surface area contributed by atoms with E-state index < -0.39 is 0 Å². The SMILES string of the molecule is Nc1oncc1-c1ccc(CN2CCCC2)c(Cl)c1. The molecule has 1 aliphatic rings. The quantitative estimate of drug-likeness (QED) is 0.936. The fourth-order valence-corrected chi connectivity index (χ4v) is 2.73. The van der Waals surface area contributed by atoms with E-state index >= 15 is 0 Å². The molecule has 0 saturated carbocycles. The van der Waals surface area contributed by atoms with Gasteiger partial charge in [-0.2, -0.15) is 0 Å².